The fourth-order valence-corrected chi connectivity index (χ4v) is 3.19. The molecule has 2 heterocycles. The molecule has 2 aliphatic heterocycles. The molecule has 132 valence electrons. The third-order valence-electron chi connectivity index (χ3n) is 4.57. The lowest BCUT2D eigenvalue weighted by atomic mass is 10.0. The zero-order valence-electron chi connectivity index (χ0n) is 14.4. The smallest absolute Gasteiger partial charge is 0.199 e. The van der Waals surface area contributed by atoms with Gasteiger partial charge in [0.15, 0.2) is 12.6 Å². The van der Waals surface area contributed by atoms with Gasteiger partial charge in [-0.2, -0.15) is 0 Å². The van der Waals surface area contributed by atoms with Crippen molar-refractivity contribution in [2.45, 2.75) is 44.7 Å². The van der Waals surface area contributed by atoms with Crippen molar-refractivity contribution in [2.75, 3.05) is 13.2 Å². The van der Waals surface area contributed by atoms with E-state index in [4.69, 9.17) is 18.9 Å². The van der Waals surface area contributed by atoms with Crippen molar-refractivity contribution in [3.8, 4) is 11.5 Å². The van der Waals surface area contributed by atoms with Gasteiger partial charge in [-0.1, -0.05) is 24.3 Å². The first-order chi connectivity index (χ1) is 12.3. The summed E-state index contributed by atoms with van der Waals surface area (Å²) in [7, 11) is 0. The molecule has 2 atom stereocenters. The van der Waals surface area contributed by atoms with Gasteiger partial charge in [0.1, 0.15) is 11.5 Å². The maximum atomic E-state index is 5.81. The van der Waals surface area contributed by atoms with E-state index in [-0.39, 0.29) is 12.6 Å². The Morgan fingerprint density at radius 1 is 0.680 bits per heavy atom. The second-order valence-corrected chi connectivity index (χ2v) is 6.59. The van der Waals surface area contributed by atoms with Gasteiger partial charge in [-0.15, -0.1) is 0 Å². The van der Waals surface area contributed by atoms with Crippen LogP contribution < -0.4 is 9.47 Å². The average Bonchev–Trinajstić information content (AvgIpc) is 3.33. The second kappa shape index (κ2) is 7.89. The Morgan fingerprint density at radius 2 is 1.12 bits per heavy atom. The second-order valence-electron chi connectivity index (χ2n) is 6.59. The number of hydrogen-bond acceptors (Lipinski definition) is 4. The zero-order chi connectivity index (χ0) is 16.9. The highest BCUT2D eigenvalue weighted by Crippen LogP contribution is 2.23. The van der Waals surface area contributed by atoms with Crippen molar-refractivity contribution in [2.24, 2.45) is 0 Å². The minimum Gasteiger partial charge on any atom is -0.465 e. The number of hydrogen-bond donors (Lipinski definition) is 0. The van der Waals surface area contributed by atoms with E-state index in [9.17, 15) is 0 Å². The van der Waals surface area contributed by atoms with E-state index in [0.717, 1.165) is 56.8 Å². The average molecular weight is 340 g/mol. The molecule has 0 aromatic heterocycles. The molecule has 0 radical (unpaired) electrons. The molecule has 0 spiro atoms. The predicted molar refractivity (Wildman–Crippen MR) is 94.9 cm³/mol. The summed E-state index contributed by atoms with van der Waals surface area (Å²) in [6.07, 6.45) is 4.83. The summed E-state index contributed by atoms with van der Waals surface area (Å²) in [6.45, 7) is 1.60. The van der Waals surface area contributed by atoms with Gasteiger partial charge in [0, 0.05) is 12.8 Å². The largest absolute Gasteiger partial charge is 0.465 e. The number of ether oxygens (including phenoxy) is 4. The highest BCUT2D eigenvalue weighted by molar-refractivity contribution is 5.34. The Balaban J connectivity index is 1.31. The summed E-state index contributed by atoms with van der Waals surface area (Å²) in [5, 5.41) is 0. The fourth-order valence-electron chi connectivity index (χ4n) is 3.19. The number of benzene rings is 2. The minimum atomic E-state index is -0.0813. The lowest BCUT2D eigenvalue weighted by Gasteiger charge is -2.13. The predicted octanol–water partition coefficient (Wildman–Crippen LogP) is 4.31. The molecule has 2 fully saturated rings. The van der Waals surface area contributed by atoms with Crippen LogP contribution in [0.1, 0.15) is 36.8 Å². The third kappa shape index (κ3) is 4.53. The van der Waals surface area contributed by atoms with Gasteiger partial charge in [-0.3, -0.25) is 0 Å². The van der Waals surface area contributed by atoms with Crippen molar-refractivity contribution in [3.05, 3.63) is 59.7 Å². The molecule has 0 aliphatic carbocycles. The van der Waals surface area contributed by atoms with Crippen LogP contribution in [-0.4, -0.2) is 25.8 Å². The van der Waals surface area contributed by atoms with E-state index < -0.39 is 0 Å². The van der Waals surface area contributed by atoms with E-state index in [0.29, 0.717) is 0 Å². The summed E-state index contributed by atoms with van der Waals surface area (Å²) >= 11 is 0. The van der Waals surface area contributed by atoms with Crippen molar-refractivity contribution in [1.29, 1.82) is 0 Å². The van der Waals surface area contributed by atoms with Gasteiger partial charge in [0.25, 0.3) is 0 Å². The summed E-state index contributed by atoms with van der Waals surface area (Å²) in [5.41, 5.74) is 2.51. The van der Waals surface area contributed by atoms with E-state index in [1.807, 2.05) is 24.3 Å². The van der Waals surface area contributed by atoms with Crippen molar-refractivity contribution in [3.63, 3.8) is 0 Å². The number of rotatable bonds is 6. The van der Waals surface area contributed by atoms with Crippen molar-refractivity contribution < 1.29 is 18.9 Å². The van der Waals surface area contributed by atoms with Crippen LogP contribution in [0.2, 0.25) is 0 Å². The fraction of sp³-hybridized carbons (Fsp3) is 0.429. The summed E-state index contributed by atoms with van der Waals surface area (Å²) < 4.78 is 22.6. The van der Waals surface area contributed by atoms with Crippen LogP contribution in [0.4, 0.5) is 0 Å². The maximum absolute atomic E-state index is 5.81. The van der Waals surface area contributed by atoms with E-state index in [2.05, 4.69) is 24.3 Å². The molecule has 4 heteroatoms. The van der Waals surface area contributed by atoms with Gasteiger partial charge in [0.05, 0.1) is 13.2 Å². The first-order valence-corrected chi connectivity index (χ1v) is 9.09. The molecule has 2 aliphatic rings. The van der Waals surface area contributed by atoms with Crippen LogP contribution in [0.15, 0.2) is 48.5 Å². The molecule has 0 N–H and O–H groups in total. The molecule has 0 saturated carbocycles. The van der Waals surface area contributed by atoms with Gasteiger partial charge in [-0.25, -0.2) is 0 Å². The van der Waals surface area contributed by atoms with Crippen LogP contribution in [0, 0.1) is 0 Å². The Morgan fingerprint density at radius 3 is 1.48 bits per heavy atom. The van der Waals surface area contributed by atoms with Crippen LogP contribution >= 0.6 is 0 Å². The van der Waals surface area contributed by atoms with Crippen molar-refractivity contribution >= 4 is 0 Å². The molecule has 2 unspecified atom stereocenters. The molecule has 4 nitrogen and oxygen atoms in total. The molecular formula is C21H24O4. The molecule has 0 amide bonds. The summed E-state index contributed by atoms with van der Waals surface area (Å²) in [5.74, 6) is 1.74. The van der Waals surface area contributed by atoms with Gasteiger partial charge in [-0.05, 0) is 54.7 Å². The summed E-state index contributed by atoms with van der Waals surface area (Å²) in [4.78, 5) is 0. The topological polar surface area (TPSA) is 36.9 Å². The van der Waals surface area contributed by atoms with Crippen molar-refractivity contribution in [1.82, 2.24) is 0 Å². The lowest BCUT2D eigenvalue weighted by molar-refractivity contribution is -0.0393. The van der Waals surface area contributed by atoms with Gasteiger partial charge >= 0.3 is 0 Å². The summed E-state index contributed by atoms with van der Waals surface area (Å²) in [6, 6.07) is 16.5. The molecule has 2 aromatic rings. The molecular weight excluding hydrogens is 316 g/mol. The first kappa shape index (κ1) is 16.4. The molecule has 0 bridgehead atoms. The minimum absolute atomic E-state index is 0.0813. The Labute approximate surface area is 148 Å². The van der Waals surface area contributed by atoms with Crippen LogP contribution in [0.25, 0.3) is 0 Å². The van der Waals surface area contributed by atoms with E-state index in [1.54, 1.807) is 0 Å². The maximum Gasteiger partial charge on any atom is 0.199 e. The quantitative estimate of drug-likeness (QED) is 0.785. The van der Waals surface area contributed by atoms with Gasteiger partial charge < -0.3 is 18.9 Å². The Kier molecular flexibility index (Phi) is 5.19. The first-order valence-electron chi connectivity index (χ1n) is 9.09. The molecule has 2 aromatic carbocycles. The van der Waals surface area contributed by atoms with Crippen LogP contribution in [-0.2, 0) is 15.9 Å². The van der Waals surface area contributed by atoms with E-state index >= 15 is 0 Å². The van der Waals surface area contributed by atoms with Gasteiger partial charge in [0.2, 0.25) is 0 Å². The van der Waals surface area contributed by atoms with Crippen LogP contribution in [0.3, 0.4) is 0 Å². The zero-order valence-corrected chi connectivity index (χ0v) is 14.4. The Bertz CT molecular complexity index is 594. The van der Waals surface area contributed by atoms with E-state index in [1.165, 1.54) is 11.1 Å². The molecule has 25 heavy (non-hydrogen) atoms. The standard InChI is InChI=1S/C21H24O4/c1-3-20(22-13-1)24-18-9-5-16(6-10-18)15-17-7-11-19(12-8-17)25-21-4-2-14-23-21/h5-12,20-21H,1-4,13-15H2. The highest BCUT2D eigenvalue weighted by atomic mass is 16.7. The third-order valence-corrected chi connectivity index (χ3v) is 4.57. The van der Waals surface area contributed by atoms with Crippen LogP contribution in [0.5, 0.6) is 11.5 Å². The molecule has 2 saturated heterocycles. The monoisotopic (exact) mass is 340 g/mol. The highest BCUT2D eigenvalue weighted by Gasteiger charge is 2.17. The lowest BCUT2D eigenvalue weighted by Crippen LogP contribution is -2.13. The normalized spacial score (nSPS) is 22.9. The SMILES string of the molecule is c1cc(OC2CCCO2)ccc1Cc1ccc(OC2CCCO2)cc1. The molecule has 4 rings (SSSR count). The Hall–Kier alpha value is -2.04.